The van der Waals surface area contributed by atoms with Crippen molar-refractivity contribution in [3.63, 3.8) is 0 Å². The van der Waals surface area contributed by atoms with Gasteiger partial charge in [-0.05, 0) is 22.6 Å². The minimum absolute atomic E-state index is 0.515. The molecule has 0 amide bonds. The zero-order valence-electron chi connectivity index (χ0n) is 7.99. The lowest BCUT2D eigenvalue weighted by Crippen LogP contribution is -1.90. The van der Waals surface area contributed by atoms with Crippen LogP contribution in [0, 0.1) is 0 Å². The summed E-state index contributed by atoms with van der Waals surface area (Å²) in [4.78, 5) is 8.37. The van der Waals surface area contributed by atoms with Crippen LogP contribution in [0.1, 0.15) is 0 Å². The fraction of sp³-hybridized carbons (Fsp3) is 0. The Morgan fingerprint density at radius 2 is 1.88 bits per heavy atom. The van der Waals surface area contributed by atoms with Gasteiger partial charge in [-0.25, -0.2) is 15.1 Å². The minimum atomic E-state index is 0.515. The van der Waals surface area contributed by atoms with Gasteiger partial charge in [0.2, 0.25) is 0 Å². The van der Waals surface area contributed by atoms with Gasteiger partial charge >= 0.3 is 0 Å². The Kier molecular flexibility index (Phi) is 1.89. The molecule has 0 aromatic carbocycles. The van der Waals surface area contributed by atoms with Gasteiger partial charge in [0.15, 0.2) is 11.6 Å². The van der Waals surface area contributed by atoms with Crippen molar-refractivity contribution in [2.45, 2.75) is 0 Å². The Morgan fingerprint density at radius 3 is 2.56 bits per heavy atom. The number of nitrogens with zero attached hydrogens (tertiary/aromatic N) is 6. The molecule has 3 rings (SSSR count). The molecule has 0 radical (unpaired) electrons. The van der Waals surface area contributed by atoms with Crippen LogP contribution in [0.4, 0.5) is 0 Å². The number of aromatic nitrogens is 8. The predicted octanol–water partition coefficient (Wildman–Crippen LogP) is 0.0468. The molecule has 3 heterocycles. The smallest absolute Gasteiger partial charge is 0.198 e. The number of nitrogens with one attached hydrogen (secondary N) is 2. The molecule has 78 valence electrons. The third-order valence-corrected chi connectivity index (χ3v) is 1.99. The van der Waals surface area contributed by atoms with E-state index in [2.05, 4.69) is 40.8 Å². The van der Waals surface area contributed by atoms with E-state index in [1.165, 1.54) is 6.33 Å². The second kappa shape index (κ2) is 3.50. The number of aromatic amines is 2. The maximum Gasteiger partial charge on any atom is 0.198 e. The van der Waals surface area contributed by atoms with Crippen molar-refractivity contribution < 1.29 is 0 Å². The lowest BCUT2D eigenvalue weighted by molar-refractivity contribution is 0.881. The zero-order valence-corrected chi connectivity index (χ0v) is 7.99. The van der Waals surface area contributed by atoms with Crippen LogP contribution in [0.15, 0.2) is 24.5 Å². The molecule has 0 aliphatic rings. The molecular weight excluding hydrogens is 208 g/mol. The second-order valence-corrected chi connectivity index (χ2v) is 2.99. The highest BCUT2D eigenvalue weighted by Crippen LogP contribution is 2.15. The molecule has 0 saturated heterocycles. The van der Waals surface area contributed by atoms with Crippen LogP contribution in [0.5, 0.6) is 0 Å². The monoisotopic (exact) mass is 214 g/mol. The number of hydrogen-bond donors (Lipinski definition) is 2. The third-order valence-electron chi connectivity index (χ3n) is 1.99. The summed E-state index contributed by atoms with van der Waals surface area (Å²) in [7, 11) is 0. The summed E-state index contributed by atoms with van der Waals surface area (Å²) in [5, 5.41) is 19.9. The van der Waals surface area contributed by atoms with Gasteiger partial charge in [0.05, 0.1) is 0 Å². The van der Waals surface area contributed by atoms with Gasteiger partial charge < -0.3 is 0 Å². The fourth-order valence-corrected chi connectivity index (χ4v) is 1.30. The molecule has 8 heteroatoms. The second-order valence-electron chi connectivity index (χ2n) is 2.99. The van der Waals surface area contributed by atoms with Crippen LogP contribution in [-0.4, -0.2) is 40.8 Å². The summed E-state index contributed by atoms with van der Waals surface area (Å²) in [6, 6.07) is 5.48. The Balaban J connectivity index is 2.07. The van der Waals surface area contributed by atoms with Gasteiger partial charge in [-0.15, -0.1) is 5.10 Å². The average Bonchev–Trinajstić information content (AvgIpc) is 3.03. The van der Waals surface area contributed by atoms with Crippen molar-refractivity contribution in [3.8, 4) is 23.0 Å². The molecule has 0 saturated carbocycles. The summed E-state index contributed by atoms with van der Waals surface area (Å²) >= 11 is 0. The highest BCUT2D eigenvalue weighted by molar-refractivity contribution is 5.56. The minimum Gasteiger partial charge on any atom is -0.258 e. The molecule has 0 fully saturated rings. The average molecular weight is 214 g/mol. The van der Waals surface area contributed by atoms with E-state index in [1.54, 1.807) is 0 Å². The van der Waals surface area contributed by atoms with Gasteiger partial charge in [0.1, 0.15) is 17.7 Å². The van der Waals surface area contributed by atoms with Crippen LogP contribution >= 0.6 is 0 Å². The maximum atomic E-state index is 4.35. The Morgan fingerprint density at radius 1 is 1.00 bits per heavy atom. The molecule has 8 nitrogen and oxygen atoms in total. The first-order valence-corrected chi connectivity index (χ1v) is 4.50. The highest BCUT2D eigenvalue weighted by atomic mass is 15.5. The van der Waals surface area contributed by atoms with Gasteiger partial charge in [-0.1, -0.05) is 6.07 Å². The van der Waals surface area contributed by atoms with E-state index in [4.69, 9.17) is 0 Å². The summed E-state index contributed by atoms with van der Waals surface area (Å²) in [5.74, 6) is 1.12. The standard InChI is InChI=1S/C8H6N8/c1-2-5(7-9-4-10-12-7)11-6(3-1)8-13-15-16-14-8/h1-4H,(H,9,10,12)(H,13,14,15,16). The number of rotatable bonds is 2. The van der Waals surface area contributed by atoms with E-state index in [-0.39, 0.29) is 0 Å². The zero-order chi connectivity index (χ0) is 10.8. The van der Waals surface area contributed by atoms with Gasteiger partial charge in [0.25, 0.3) is 0 Å². The van der Waals surface area contributed by atoms with E-state index >= 15 is 0 Å². The van der Waals surface area contributed by atoms with Crippen LogP contribution < -0.4 is 0 Å². The van der Waals surface area contributed by atoms with E-state index in [1.807, 2.05) is 18.2 Å². The molecular formula is C8H6N8. The summed E-state index contributed by atoms with van der Waals surface area (Å²) < 4.78 is 0. The topological polar surface area (TPSA) is 109 Å². The molecule has 0 atom stereocenters. The Labute approximate surface area is 89.2 Å². The molecule has 16 heavy (non-hydrogen) atoms. The van der Waals surface area contributed by atoms with Crippen LogP contribution in [0.2, 0.25) is 0 Å². The first-order chi connectivity index (χ1) is 7.93. The number of H-pyrrole nitrogens is 2. The van der Waals surface area contributed by atoms with Crippen molar-refractivity contribution in [2.24, 2.45) is 0 Å². The largest absolute Gasteiger partial charge is 0.258 e. The lowest BCUT2D eigenvalue weighted by Gasteiger charge is -1.97. The summed E-state index contributed by atoms with van der Waals surface area (Å²) in [5.41, 5.74) is 1.34. The van der Waals surface area contributed by atoms with Crippen molar-refractivity contribution in [3.05, 3.63) is 24.5 Å². The summed E-state index contributed by atoms with van der Waals surface area (Å²) in [6.45, 7) is 0. The molecule has 0 aliphatic carbocycles. The highest BCUT2D eigenvalue weighted by Gasteiger charge is 2.07. The van der Waals surface area contributed by atoms with Crippen molar-refractivity contribution >= 4 is 0 Å². The quantitative estimate of drug-likeness (QED) is 0.623. The predicted molar refractivity (Wildman–Crippen MR) is 52.8 cm³/mol. The molecule has 0 unspecified atom stereocenters. The van der Waals surface area contributed by atoms with Gasteiger partial charge in [-0.3, -0.25) is 5.10 Å². The first-order valence-electron chi connectivity index (χ1n) is 4.50. The molecule has 0 aliphatic heterocycles. The van der Waals surface area contributed by atoms with Gasteiger partial charge in [-0.2, -0.15) is 5.10 Å². The Hall–Kier alpha value is -2.64. The molecule has 2 N–H and O–H groups in total. The number of hydrogen-bond acceptors (Lipinski definition) is 6. The molecule has 3 aromatic rings. The summed E-state index contributed by atoms with van der Waals surface area (Å²) in [6.07, 6.45) is 1.43. The third kappa shape index (κ3) is 1.41. The molecule has 0 spiro atoms. The first kappa shape index (κ1) is 8.65. The van der Waals surface area contributed by atoms with Crippen LogP contribution in [0.3, 0.4) is 0 Å². The van der Waals surface area contributed by atoms with Crippen LogP contribution in [-0.2, 0) is 0 Å². The van der Waals surface area contributed by atoms with Crippen molar-refractivity contribution in [1.29, 1.82) is 0 Å². The fourth-order valence-electron chi connectivity index (χ4n) is 1.30. The molecule has 3 aromatic heterocycles. The van der Waals surface area contributed by atoms with E-state index in [0.29, 0.717) is 23.0 Å². The van der Waals surface area contributed by atoms with E-state index in [9.17, 15) is 0 Å². The van der Waals surface area contributed by atoms with E-state index < -0.39 is 0 Å². The maximum absolute atomic E-state index is 4.35. The Bertz CT molecular complexity index is 520. The van der Waals surface area contributed by atoms with Gasteiger partial charge in [0, 0.05) is 0 Å². The van der Waals surface area contributed by atoms with Crippen molar-refractivity contribution in [1.82, 2.24) is 40.8 Å². The van der Waals surface area contributed by atoms with E-state index in [0.717, 1.165) is 0 Å². The number of pyridine rings is 1. The van der Waals surface area contributed by atoms with Crippen LogP contribution in [0.25, 0.3) is 23.0 Å². The molecule has 0 bridgehead atoms. The normalized spacial score (nSPS) is 10.5. The SMILES string of the molecule is c1cc(-c2ncn[nH]2)nc(-c2nnn[nH]2)c1. The number of tetrazole rings is 1. The van der Waals surface area contributed by atoms with Crippen molar-refractivity contribution in [2.75, 3.05) is 0 Å². The lowest BCUT2D eigenvalue weighted by atomic mass is 10.3.